The number of nitrogens with zero attached hydrogens (tertiary/aromatic N) is 3. The Kier molecular flexibility index (Phi) is 6.60. The van der Waals surface area contributed by atoms with Crippen LogP contribution in [0, 0.1) is 12.0 Å². The largest absolute Gasteiger partial charge is 0.360 e. The fourth-order valence-corrected chi connectivity index (χ4v) is 4.04. The van der Waals surface area contributed by atoms with Gasteiger partial charge >= 0.3 is 0 Å². The molecule has 30 heavy (non-hydrogen) atoms. The van der Waals surface area contributed by atoms with Gasteiger partial charge in [-0.1, -0.05) is 54.5 Å². The summed E-state index contributed by atoms with van der Waals surface area (Å²) in [6.07, 6.45) is 2.83. The molecule has 2 aromatic carbocycles. The Morgan fingerprint density at radius 3 is 2.60 bits per heavy atom. The number of hydrogen-bond acceptors (Lipinski definition) is 4. The van der Waals surface area contributed by atoms with Gasteiger partial charge in [0, 0.05) is 24.7 Å². The predicted molar refractivity (Wildman–Crippen MR) is 118 cm³/mol. The van der Waals surface area contributed by atoms with Crippen molar-refractivity contribution < 1.29 is 9.32 Å². The van der Waals surface area contributed by atoms with Crippen LogP contribution >= 0.6 is 0 Å². The molecule has 1 amide bonds. The Balaban J connectivity index is 1.50. The maximum absolute atomic E-state index is 13.4. The molecule has 0 spiro atoms. The van der Waals surface area contributed by atoms with Gasteiger partial charge in [0.2, 0.25) is 0 Å². The van der Waals surface area contributed by atoms with Gasteiger partial charge in [-0.2, -0.15) is 0 Å². The van der Waals surface area contributed by atoms with E-state index >= 15 is 0 Å². The second-order valence-electron chi connectivity index (χ2n) is 7.89. The summed E-state index contributed by atoms with van der Waals surface area (Å²) in [6.45, 7) is 6.18. The van der Waals surface area contributed by atoms with E-state index in [9.17, 15) is 4.79 Å². The first kappa shape index (κ1) is 20.4. The van der Waals surface area contributed by atoms with Gasteiger partial charge in [-0.15, -0.1) is 0 Å². The van der Waals surface area contributed by atoms with Crippen LogP contribution < -0.4 is 4.90 Å². The third-order valence-corrected chi connectivity index (χ3v) is 5.85. The van der Waals surface area contributed by atoms with Crippen molar-refractivity contribution in [3.63, 3.8) is 0 Å². The monoisotopic (exact) mass is 402 g/mol. The van der Waals surface area contributed by atoms with Gasteiger partial charge in [0.25, 0.3) is 5.91 Å². The Bertz CT molecular complexity index is 931. The third-order valence-electron chi connectivity index (χ3n) is 5.85. The molecule has 1 aliphatic rings. The maximum atomic E-state index is 13.4. The minimum Gasteiger partial charge on any atom is -0.360 e. The first-order valence-electron chi connectivity index (χ1n) is 10.7. The average molecular weight is 403 g/mol. The molecule has 155 valence electrons. The van der Waals surface area contributed by atoms with Crippen molar-refractivity contribution in [1.29, 1.82) is 0 Å². The highest BCUT2D eigenvalue weighted by Crippen LogP contribution is 2.24. The van der Waals surface area contributed by atoms with Crippen molar-refractivity contribution in [2.45, 2.75) is 26.2 Å². The Morgan fingerprint density at radius 1 is 1.17 bits per heavy atom. The third kappa shape index (κ3) is 4.97. The fourth-order valence-electron chi connectivity index (χ4n) is 4.04. The molecule has 0 atom stereocenters. The number of aromatic nitrogens is 1. The van der Waals surface area contributed by atoms with Crippen LogP contribution in [-0.4, -0.2) is 42.1 Å². The van der Waals surface area contributed by atoms with Gasteiger partial charge < -0.3 is 14.3 Å². The van der Waals surface area contributed by atoms with Gasteiger partial charge in [-0.25, -0.2) is 0 Å². The normalized spacial score (nSPS) is 15.2. The molecule has 1 saturated heterocycles. The Hall–Kier alpha value is -2.92. The van der Waals surface area contributed by atoms with Gasteiger partial charge in [0.15, 0.2) is 5.69 Å². The highest BCUT2D eigenvalue weighted by molar-refractivity contribution is 6.04. The molecule has 1 aromatic heterocycles. The number of likely N-dealkylation sites (tertiary alicyclic amines) is 1. The smallest absolute Gasteiger partial charge is 0.280 e. The van der Waals surface area contributed by atoms with E-state index in [0.717, 1.165) is 43.7 Å². The summed E-state index contributed by atoms with van der Waals surface area (Å²) in [5.41, 5.74) is 2.37. The highest BCUT2D eigenvalue weighted by Gasteiger charge is 2.26. The minimum absolute atomic E-state index is 0.109. The summed E-state index contributed by atoms with van der Waals surface area (Å²) in [5.74, 6) is 1.07. The standard InChI is InChI=1S/C25H28N3O2/c1-2-27-15-13-21(14-16-27)19-28(22-11-7-4-8-12-22)25(29)24-18-23(30-26-24)17-20-9-5-3-6-10-20/h3,5-12,18,21H,2,13-17,19H2,1H3. The lowest BCUT2D eigenvalue weighted by Gasteiger charge is -2.34. The molecule has 2 heterocycles. The molecule has 1 aliphatic heterocycles. The summed E-state index contributed by atoms with van der Waals surface area (Å²) >= 11 is 0. The molecule has 0 saturated carbocycles. The molecule has 4 rings (SSSR count). The zero-order valence-corrected chi connectivity index (χ0v) is 17.5. The van der Waals surface area contributed by atoms with Gasteiger partial charge in [-0.05, 0) is 62.2 Å². The number of piperidine rings is 1. The van der Waals surface area contributed by atoms with E-state index in [4.69, 9.17) is 4.52 Å². The highest BCUT2D eigenvalue weighted by atomic mass is 16.5. The van der Waals surface area contributed by atoms with E-state index < -0.39 is 0 Å². The molecule has 0 aliphatic carbocycles. The summed E-state index contributed by atoms with van der Waals surface area (Å²) in [6, 6.07) is 22.4. The lowest BCUT2D eigenvalue weighted by atomic mass is 9.95. The number of benzene rings is 2. The van der Waals surface area contributed by atoms with E-state index in [1.54, 1.807) is 6.07 Å². The summed E-state index contributed by atoms with van der Waals surface area (Å²) in [5, 5.41) is 4.09. The quantitative estimate of drug-likeness (QED) is 0.586. The predicted octanol–water partition coefficient (Wildman–Crippen LogP) is 4.44. The zero-order valence-electron chi connectivity index (χ0n) is 17.5. The molecule has 3 aromatic rings. The number of carbonyl (C=O) groups is 1. The van der Waals surface area contributed by atoms with Crippen LogP contribution in [0.15, 0.2) is 65.2 Å². The van der Waals surface area contributed by atoms with Crippen LogP contribution in [0.1, 0.15) is 41.6 Å². The SMILES string of the molecule is CCN1CCC(CN(C(=O)c2cc(Cc3ccccc3)on2)c2cc[c]cc2)CC1. The lowest BCUT2D eigenvalue weighted by Crippen LogP contribution is -2.41. The number of amides is 1. The van der Waals surface area contributed by atoms with E-state index in [0.29, 0.717) is 30.3 Å². The van der Waals surface area contributed by atoms with Crippen molar-refractivity contribution in [2.24, 2.45) is 5.92 Å². The zero-order chi connectivity index (χ0) is 20.8. The summed E-state index contributed by atoms with van der Waals surface area (Å²) in [7, 11) is 0. The van der Waals surface area contributed by atoms with E-state index in [-0.39, 0.29) is 5.91 Å². The van der Waals surface area contributed by atoms with Crippen LogP contribution in [0.2, 0.25) is 0 Å². The second-order valence-corrected chi connectivity index (χ2v) is 7.89. The molecular weight excluding hydrogens is 374 g/mol. The first-order valence-corrected chi connectivity index (χ1v) is 10.7. The van der Waals surface area contributed by atoms with Crippen molar-refractivity contribution >= 4 is 11.6 Å². The number of hydrogen-bond donors (Lipinski definition) is 0. The van der Waals surface area contributed by atoms with E-state index in [1.165, 1.54) is 0 Å². The molecule has 0 bridgehead atoms. The van der Waals surface area contributed by atoms with Gasteiger partial charge in [0.1, 0.15) is 5.76 Å². The number of carbonyl (C=O) groups excluding carboxylic acids is 1. The first-order chi connectivity index (χ1) is 14.7. The summed E-state index contributed by atoms with van der Waals surface area (Å²) in [4.78, 5) is 17.7. The molecular formula is C25H28N3O2. The van der Waals surface area contributed by atoms with E-state index in [1.807, 2.05) is 59.5 Å². The van der Waals surface area contributed by atoms with Crippen molar-refractivity contribution in [3.05, 3.63) is 83.7 Å². The van der Waals surface area contributed by atoms with Crippen molar-refractivity contribution in [1.82, 2.24) is 10.1 Å². The van der Waals surface area contributed by atoms with Gasteiger partial charge in [0.05, 0.1) is 0 Å². The van der Waals surface area contributed by atoms with Crippen LogP contribution in [0.3, 0.4) is 0 Å². The minimum atomic E-state index is -0.109. The lowest BCUT2D eigenvalue weighted by molar-refractivity contribution is 0.0967. The average Bonchev–Trinajstić information content (AvgIpc) is 3.27. The second kappa shape index (κ2) is 9.72. The van der Waals surface area contributed by atoms with E-state index in [2.05, 4.69) is 23.0 Å². The number of anilines is 1. The molecule has 1 radical (unpaired) electrons. The molecule has 0 unspecified atom stereocenters. The Labute approximate surface area is 178 Å². The molecule has 5 nitrogen and oxygen atoms in total. The van der Waals surface area contributed by atoms with Crippen LogP contribution in [0.4, 0.5) is 5.69 Å². The maximum Gasteiger partial charge on any atom is 0.280 e. The Morgan fingerprint density at radius 2 is 1.90 bits per heavy atom. The topological polar surface area (TPSA) is 49.6 Å². The van der Waals surface area contributed by atoms with Crippen LogP contribution in [0.25, 0.3) is 0 Å². The van der Waals surface area contributed by atoms with Gasteiger partial charge in [-0.3, -0.25) is 4.79 Å². The van der Waals surface area contributed by atoms with Crippen LogP contribution in [-0.2, 0) is 6.42 Å². The number of rotatable bonds is 7. The molecule has 0 N–H and O–H groups in total. The molecule has 1 fully saturated rings. The van der Waals surface area contributed by atoms with Crippen LogP contribution in [0.5, 0.6) is 0 Å². The fraction of sp³-hybridized carbons (Fsp3) is 0.360. The molecule has 5 heteroatoms. The van der Waals surface area contributed by atoms with Crippen molar-refractivity contribution in [2.75, 3.05) is 31.1 Å². The summed E-state index contributed by atoms with van der Waals surface area (Å²) < 4.78 is 5.48. The van der Waals surface area contributed by atoms with Crippen molar-refractivity contribution in [3.8, 4) is 0 Å².